The summed E-state index contributed by atoms with van der Waals surface area (Å²) in [7, 11) is 0. The summed E-state index contributed by atoms with van der Waals surface area (Å²) in [6, 6.07) is 22.2. The molecule has 4 aromatic carbocycles. The summed E-state index contributed by atoms with van der Waals surface area (Å²) in [4.78, 5) is 43.9. The van der Waals surface area contributed by atoms with E-state index in [2.05, 4.69) is 0 Å². The first kappa shape index (κ1) is 27.2. The second kappa shape index (κ2) is 11.7. The van der Waals surface area contributed by atoms with Crippen LogP contribution in [0, 0.1) is 40.5 Å². The lowest BCUT2D eigenvalue weighted by molar-refractivity contribution is -0.422. The van der Waals surface area contributed by atoms with Crippen molar-refractivity contribution < 1.29 is 19.7 Å². The lowest BCUT2D eigenvalue weighted by atomic mass is 10.1. The molecule has 0 bridgehead atoms. The normalized spacial score (nSPS) is 10.7. The number of non-ortho nitro benzene ring substituents is 1. The Bertz CT molecular complexity index is 1600. The molecular formula is C25H16N4O8S2. The van der Waals surface area contributed by atoms with E-state index in [0.717, 1.165) is 44.8 Å². The molecule has 39 heavy (non-hydrogen) atoms. The third-order valence-corrected chi connectivity index (χ3v) is 7.48. The second-order valence-electron chi connectivity index (χ2n) is 8.00. The van der Waals surface area contributed by atoms with Crippen LogP contribution >= 0.6 is 23.5 Å². The maximum atomic E-state index is 11.4. The van der Waals surface area contributed by atoms with Gasteiger partial charge in [0.2, 0.25) is 0 Å². The Balaban J connectivity index is 1.42. The molecule has 4 rings (SSSR count). The maximum Gasteiger partial charge on any atom is 0.347 e. The number of rotatable bonds is 10. The maximum absolute atomic E-state index is 11.4. The number of nitro benzene ring substituents is 4. The molecule has 196 valence electrons. The summed E-state index contributed by atoms with van der Waals surface area (Å²) in [5, 5.41) is 44.5. The minimum Gasteiger partial charge on any atom is -0.258 e. The molecule has 0 fully saturated rings. The molecule has 0 aliphatic carbocycles. The van der Waals surface area contributed by atoms with Crippen molar-refractivity contribution in [3.63, 3.8) is 0 Å². The van der Waals surface area contributed by atoms with Gasteiger partial charge in [0.1, 0.15) is 0 Å². The highest BCUT2D eigenvalue weighted by atomic mass is 32.2. The predicted octanol–water partition coefficient (Wildman–Crippen LogP) is 7.21. The SMILES string of the molecule is O=[N+]([O-])c1ccc(Sc2ccc(Cc3ccc(Sc4ccc([N+](=O)[O-])c([N+](=O)[O-])c4)cc3)cc2)c([N+](=O)[O-])c1. The molecule has 0 atom stereocenters. The summed E-state index contributed by atoms with van der Waals surface area (Å²) < 4.78 is 0. The standard InChI is InChI=1S/C25H16N4O8S2/c30-26(31)18-5-12-25(24(14-18)29(36)37)39-20-8-3-17(4-9-20)13-16-1-6-19(7-2-16)38-21-10-11-22(27(32)33)23(15-21)28(34)35/h1-12,14-15H,13H2. The zero-order chi connectivity index (χ0) is 28.1. The number of hydrogen-bond donors (Lipinski definition) is 0. The third kappa shape index (κ3) is 6.74. The fourth-order valence-electron chi connectivity index (χ4n) is 3.57. The largest absolute Gasteiger partial charge is 0.347 e. The molecule has 0 saturated carbocycles. The van der Waals surface area contributed by atoms with Gasteiger partial charge in [-0.3, -0.25) is 40.5 Å². The third-order valence-electron chi connectivity index (χ3n) is 5.41. The van der Waals surface area contributed by atoms with E-state index in [-0.39, 0.29) is 11.4 Å². The first-order chi connectivity index (χ1) is 18.6. The van der Waals surface area contributed by atoms with E-state index in [1.165, 1.54) is 36.0 Å². The summed E-state index contributed by atoms with van der Waals surface area (Å²) in [6.45, 7) is 0. The quantitative estimate of drug-likeness (QED) is 0.141. The van der Waals surface area contributed by atoms with Crippen LogP contribution in [0.3, 0.4) is 0 Å². The Hall–Kier alpha value is -4.82. The molecule has 0 spiro atoms. The highest BCUT2D eigenvalue weighted by Crippen LogP contribution is 2.37. The summed E-state index contributed by atoms with van der Waals surface area (Å²) in [5.74, 6) is 0. The molecular weight excluding hydrogens is 548 g/mol. The highest BCUT2D eigenvalue weighted by Gasteiger charge is 2.24. The Morgan fingerprint density at radius 2 is 1.00 bits per heavy atom. The van der Waals surface area contributed by atoms with Gasteiger partial charge in [0.25, 0.3) is 11.4 Å². The molecule has 0 aliphatic heterocycles. The molecule has 0 unspecified atom stereocenters. The molecule has 0 saturated heterocycles. The van der Waals surface area contributed by atoms with Crippen LogP contribution in [0.1, 0.15) is 11.1 Å². The molecule has 0 aliphatic rings. The van der Waals surface area contributed by atoms with Crippen LogP contribution in [0.4, 0.5) is 22.7 Å². The van der Waals surface area contributed by atoms with Crippen LogP contribution in [0.2, 0.25) is 0 Å². The number of nitrogens with zero attached hydrogens (tertiary/aromatic N) is 4. The van der Waals surface area contributed by atoms with Gasteiger partial charge in [0.15, 0.2) is 0 Å². The van der Waals surface area contributed by atoms with Crippen molar-refractivity contribution in [2.24, 2.45) is 0 Å². The fourth-order valence-corrected chi connectivity index (χ4v) is 5.32. The molecule has 0 heterocycles. The van der Waals surface area contributed by atoms with Crippen molar-refractivity contribution >= 4 is 46.3 Å². The Morgan fingerprint density at radius 1 is 0.487 bits per heavy atom. The molecule has 0 radical (unpaired) electrons. The smallest absolute Gasteiger partial charge is 0.258 e. The second-order valence-corrected chi connectivity index (χ2v) is 10.3. The number of benzene rings is 4. The monoisotopic (exact) mass is 564 g/mol. The minimum absolute atomic E-state index is 0.296. The van der Waals surface area contributed by atoms with Gasteiger partial charge in [-0.2, -0.15) is 0 Å². The van der Waals surface area contributed by atoms with Crippen LogP contribution in [0.25, 0.3) is 0 Å². The predicted molar refractivity (Wildman–Crippen MR) is 143 cm³/mol. The minimum atomic E-state index is -0.786. The zero-order valence-electron chi connectivity index (χ0n) is 19.7. The van der Waals surface area contributed by atoms with Crippen LogP contribution in [0.5, 0.6) is 0 Å². The first-order valence-corrected chi connectivity index (χ1v) is 12.6. The van der Waals surface area contributed by atoms with E-state index >= 15 is 0 Å². The first-order valence-electron chi connectivity index (χ1n) is 11.0. The van der Waals surface area contributed by atoms with Crippen molar-refractivity contribution in [3.8, 4) is 0 Å². The molecule has 4 aromatic rings. The van der Waals surface area contributed by atoms with E-state index < -0.39 is 31.1 Å². The summed E-state index contributed by atoms with van der Waals surface area (Å²) >= 11 is 2.39. The van der Waals surface area contributed by atoms with Crippen LogP contribution < -0.4 is 0 Å². The topological polar surface area (TPSA) is 173 Å². The number of nitro groups is 4. The van der Waals surface area contributed by atoms with E-state index in [0.29, 0.717) is 16.2 Å². The van der Waals surface area contributed by atoms with Crippen molar-refractivity contribution in [3.05, 3.63) is 137 Å². The van der Waals surface area contributed by atoms with Crippen LogP contribution in [-0.4, -0.2) is 19.7 Å². The molecule has 12 nitrogen and oxygen atoms in total. The van der Waals surface area contributed by atoms with Gasteiger partial charge in [-0.15, -0.1) is 0 Å². The van der Waals surface area contributed by atoms with Crippen LogP contribution in [0.15, 0.2) is 105 Å². The average molecular weight is 565 g/mol. The molecule has 0 aromatic heterocycles. The molecule has 0 N–H and O–H groups in total. The molecule has 14 heteroatoms. The van der Waals surface area contributed by atoms with Crippen molar-refractivity contribution in [2.45, 2.75) is 26.0 Å². The Labute approximate surface area is 228 Å². The van der Waals surface area contributed by atoms with Gasteiger partial charge in [0, 0.05) is 32.9 Å². The van der Waals surface area contributed by atoms with Gasteiger partial charge in [-0.1, -0.05) is 47.8 Å². The lowest BCUT2D eigenvalue weighted by Gasteiger charge is -2.07. The van der Waals surface area contributed by atoms with Crippen molar-refractivity contribution in [1.29, 1.82) is 0 Å². The van der Waals surface area contributed by atoms with E-state index in [1.807, 2.05) is 48.5 Å². The van der Waals surface area contributed by atoms with Crippen molar-refractivity contribution in [1.82, 2.24) is 0 Å². The van der Waals surface area contributed by atoms with Gasteiger partial charge in [0.05, 0.1) is 30.7 Å². The van der Waals surface area contributed by atoms with Gasteiger partial charge in [-0.05, 0) is 53.9 Å². The Morgan fingerprint density at radius 3 is 1.51 bits per heavy atom. The zero-order valence-corrected chi connectivity index (χ0v) is 21.3. The molecule has 0 amide bonds. The van der Waals surface area contributed by atoms with Gasteiger partial charge < -0.3 is 0 Å². The summed E-state index contributed by atoms with van der Waals surface area (Å²) in [6.07, 6.45) is 0.608. The van der Waals surface area contributed by atoms with Crippen molar-refractivity contribution in [2.75, 3.05) is 0 Å². The van der Waals surface area contributed by atoms with E-state index in [4.69, 9.17) is 0 Å². The lowest BCUT2D eigenvalue weighted by Crippen LogP contribution is -1.96. The number of hydrogen-bond acceptors (Lipinski definition) is 10. The van der Waals surface area contributed by atoms with E-state index in [9.17, 15) is 40.5 Å². The average Bonchev–Trinajstić information content (AvgIpc) is 2.90. The van der Waals surface area contributed by atoms with Gasteiger partial charge >= 0.3 is 11.4 Å². The van der Waals surface area contributed by atoms with Gasteiger partial charge in [-0.25, -0.2) is 0 Å². The fraction of sp³-hybridized carbons (Fsp3) is 0.0400. The van der Waals surface area contributed by atoms with Crippen LogP contribution in [-0.2, 0) is 6.42 Å². The highest BCUT2D eigenvalue weighted by molar-refractivity contribution is 7.99. The Kier molecular flexibility index (Phi) is 8.17. The van der Waals surface area contributed by atoms with E-state index in [1.54, 1.807) is 0 Å². The summed E-state index contributed by atoms with van der Waals surface area (Å²) in [5.41, 5.74) is 0.185.